The molecule has 110 valence electrons. The molecule has 0 spiro atoms. The van der Waals surface area contributed by atoms with E-state index < -0.39 is 0 Å². The Morgan fingerprint density at radius 2 is 1.76 bits per heavy atom. The first-order valence-corrected chi connectivity index (χ1v) is 7.59. The summed E-state index contributed by atoms with van der Waals surface area (Å²) in [6.45, 7) is 2.14. The van der Waals surface area contributed by atoms with Gasteiger partial charge in [0.2, 0.25) is 0 Å². The summed E-state index contributed by atoms with van der Waals surface area (Å²) in [6.07, 6.45) is 3.95. The molecule has 2 aromatic carbocycles. The van der Waals surface area contributed by atoms with E-state index in [1.807, 2.05) is 48.6 Å². The molecule has 2 nitrogen and oxygen atoms in total. The Kier molecular flexibility index (Phi) is 5.82. The summed E-state index contributed by atoms with van der Waals surface area (Å²) in [5.41, 5.74) is 2.56. The predicted octanol–water partition coefficient (Wildman–Crippen LogP) is 4.95. The number of hydrogen-bond acceptors (Lipinski definition) is 2. The SMILES string of the molecule is CC(c1ccc(Cl)cc1)N(C)/N=C/CCc1ccccc1. The lowest BCUT2D eigenvalue weighted by Gasteiger charge is -2.22. The number of hydrazone groups is 1. The van der Waals surface area contributed by atoms with Crippen molar-refractivity contribution in [3.8, 4) is 0 Å². The highest BCUT2D eigenvalue weighted by atomic mass is 35.5. The molecule has 0 aliphatic rings. The highest BCUT2D eigenvalue weighted by molar-refractivity contribution is 6.30. The fourth-order valence-corrected chi connectivity index (χ4v) is 2.25. The van der Waals surface area contributed by atoms with Crippen LogP contribution in [0.5, 0.6) is 0 Å². The zero-order valence-corrected chi connectivity index (χ0v) is 13.3. The standard InChI is InChI=1S/C18H21ClN2/c1-15(17-10-12-18(19)13-11-17)21(2)20-14-6-9-16-7-4-3-5-8-16/h3-5,7-8,10-15H,6,9H2,1-2H3/b20-14+. The first-order chi connectivity index (χ1) is 10.2. The van der Waals surface area contributed by atoms with Gasteiger partial charge in [-0.05, 0) is 43.0 Å². The van der Waals surface area contributed by atoms with Gasteiger partial charge in [-0.3, -0.25) is 5.01 Å². The van der Waals surface area contributed by atoms with E-state index in [0.717, 1.165) is 17.9 Å². The largest absolute Gasteiger partial charge is 0.293 e. The molecule has 0 saturated carbocycles. The van der Waals surface area contributed by atoms with Crippen LogP contribution in [0.1, 0.15) is 30.5 Å². The van der Waals surface area contributed by atoms with Crippen molar-refractivity contribution in [1.82, 2.24) is 5.01 Å². The second-order valence-electron chi connectivity index (χ2n) is 5.12. The van der Waals surface area contributed by atoms with Gasteiger partial charge in [-0.1, -0.05) is 54.1 Å². The Balaban J connectivity index is 1.84. The van der Waals surface area contributed by atoms with Crippen LogP contribution >= 0.6 is 11.6 Å². The van der Waals surface area contributed by atoms with Crippen molar-refractivity contribution in [3.05, 3.63) is 70.7 Å². The minimum atomic E-state index is 0.232. The van der Waals surface area contributed by atoms with Crippen molar-refractivity contribution in [2.75, 3.05) is 7.05 Å². The average molecular weight is 301 g/mol. The van der Waals surface area contributed by atoms with Gasteiger partial charge < -0.3 is 0 Å². The van der Waals surface area contributed by atoms with E-state index in [-0.39, 0.29) is 6.04 Å². The van der Waals surface area contributed by atoms with Gasteiger partial charge >= 0.3 is 0 Å². The number of halogens is 1. The van der Waals surface area contributed by atoms with Gasteiger partial charge in [-0.25, -0.2) is 0 Å². The topological polar surface area (TPSA) is 15.6 Å². The third-order valence-corrected chi connectivity index (χ3v) is 3.83. The van der Waals surface area contributed by atoms with Crippen LogP contribution in [0.3, 0.4) is 0 Å². The molecule has 1 unspecified atom stereocenters. The van der Waals surface area contributed by atoms with Gasteiger partial charge in [0.05, 0.1) is 6.04 Å². The molecule has 0 aromatic heterocycles. The highest BCUT2D eigenvalue weighted by Gasteiger charge is 2.08. The lowest BCUT2D eigenvalue weighted by molar-refractivity contribution is 0.276. The predicted molar refractivity (Wildman–Crippen MR) is 90.9 cm³/mol. The van der Waals surface area contributed by atoms with E-state index in [1.54, 1.807) is 0 Å². The fourth-order valence-electron chi connectivity index (χ4n) is 2.12. The zero-order chi connectivity index (χ0) is 15.1. The maximum atomic E-state index is 5.91. The number of hydrogen-bond donors (Lipinski definition) is 0. The zero-order valence-electron chi connectivity index (χ0n) is 12.5. The average Bonchev–Trinajstić information content (AvgIpc) is 2.52. The molecule has 0 aliphatic carbocycles. The van der Waals surface area contributed by atoms with Gasteiger partial charge in [-0.15, -0.1) is 0 Å². The van der Waals surface area contributed by atoms with E-state index in [2.05, 4.69) is 36.3 Å². The molecule has 21 heavy (non-hydrogen) atoms. The van der Waals surface area contributed by atoms with Crippen LogP contribution in [0.15, 0.2) is 59.7 Å². The van der Waals surface area contributed by atoms with Crippen LogP contribution in [0.2, 0.25) is 5.02 Å². The van der Waals surface area contributed by atoms with Crippen LogP contribution in [-0.2, 0) is 6.42 Å². The number of nitrogens with zero attached hydrogens (tertiary/aromatic N) is 2. The first-order valence-electron chi connectivity index (χ1n) is 7.21. The Hall–Kier alpha value is -1.80. The highest BCUT2D eigenvalue weighted by Crippen LogP contribution is 2.20. The monoisotopic (exact) mass is 300 g/mol. The molecular weight excluding hydrogens is 280 g/mol. The number of rotatable bonds is 6. The molecule has 0 aliphatic heterocycles. The van der Waals surface area contributed by atoms with Crippen LogP contribution in [0.25, 0.3) is 0 Å². The molecule has 0 radical (unpaired) electrons. The molecular formula is C18H21ClN2. The van der Waals surface area contributed by atoms with E-state index in [0.29, 0.717) is 0 Å². The van der Waals surface area contributed by atoms with Gasteiger partial charge in [-0.2, -0.15) is 5.10 Å². The van der Waals surface area contributed by atoms with Crippen LogP contribution in [0.4, 0.5) is 0 Å². The molecule has 2 aromatic rings. The molecule has 0 saturated heterocycles. The molecule has 0 N–H and O–H groups in total. The van der Waals surface area contributed by atoms with Gasteiger partial charge in [0.1, 0.15) is 0 Å². The van der Waals surface area contributed by atoms with Crippen molar-refractivity contribution < 1.29 is 0 Å². The van der Waals surface area contributed by atoms with E-state index in [1.165, 1.54) is 11.1 Å². The summed E-state index contributed by atoms with van der Waals surface area (Å²) < 4.78 is 0. The van der Waals surface area contributed by atoms with Crippen molar-refractivity contribution in [2.45, 2.75) is 25.8 Å². The van der Waals surface area contributed by atoms with Gasteiger partial charge in [0, 0.05) is 18.3 Å². The second kappa shape index (κ2) is 7.84. The second-order valence-corrected chi connectivity index (χ2v) is 5.56. The summed E-state index contributed by atoms with van der Waals surface area (Å²) in [4.78, 5) is 0. The Morgan fingerprint density at radius 1 is 1.10 bits per heavy atom. The van der Waals surface area contributed by atoms with Gasteiger partial charge in [0.15, 0.2) is 0 Å². The number of aryl methyl sites for hydroxylation is 1. The third kappa shape index (κ3) is 4.91. The lowest BCUT2D eigenvalue weighted by Crippen LogP contribution is -2.16. The van der Waals surface area contributed by atoms with Gasteiger partial charge in [0.25, 0.3) is 0 Å². The minimum absolute atomic E-state index is 0.232. The van der Waals surface area contributed by atoms with Crippen LogP contribution in [-0.4, -0.2) is 18.3 Å². The maximum Gasteiger partial charge on any atom is 0.0688 e. The van der Waals surface area contributed by atoms with Crippen LogP contribution < -0.4 is 0 Å². The van der Waals surface area contributed by atoms with E-state index in [4.69, 9.17) is 11.6 Å². The Bertz CT molecular complexity index is 564. The lowest BCUT2D eigenvalue weighted by atomic mass is 10.1. The third-order valence-electron chi connectivity index (χ3n) is 3.58. The molecule has 0 fully saturated rings. The van der Waals surface area contributed by atoms with E-state index in [9.17, 15) is 0 Å². The van der Waals surface area contributed by atoms with Crippen molar-refractivity contribution in [3.63, 3.8) is 0 Å². The summed E-state index contributed by atoms with van der Waals surface area (Å²) in [7, 11) is 2.00. The van der Waals surface area contributed by atoms with Crippen molar-refractivity contribution in [2.24, 2.45) is 5.10 Å². The summed E-state index contributed by atoms with van der Waals surface area (Å²) in [5.74, 6) is 0. The Labute approximate surface area is 132 Å². The normalized spacial score (nSPS) is 12.5. The molecule has 2 rings (SSSR count). The van der Waals surface area contributed by atoms with Crippen molar-refractivity contribution in [1.29, 1.82) is 0 Å². The summed E-state index contributed by atoms with van der Waals surface area (Å²) in [5, 5.41) is 7.26. The van der Waals surface area contributed by atoms with E-state index >= 15 is 0 Å². The molecule has 3 heteroatoms. The summed E-state index contributed by atoms with van der Waals surface area (Å²) in [6, 6.07) is 18.6. The van der Waals surface area contributed by atoms with Crippen molar-refractivity contribution >= 4 is 17.8 Å². The molecule has 0 bridgehead atoms. The van der Waals surface area contributed by atoms with Crippen LogP contribution in [0, 0.1) is 0 Å². The quantitative estimate of drug-likeness (QED) is 0.544. The Morgan fingerprint density at radius 3 is 2.43 bits per heavy atom. The first kappa shape index (κ1) is 15.6. The molecule has 0 amide bonds. The summed E-state index contributed by atoms with van der Waals surface area (Å²) >= 11 is 5.91. The molecule has 1 atom stereocenters. The maximum absolute atomic E-state index is 5.91. The molecule has 0 heterocycles. The fraction of sp³-hybridized carbons (Fsp3) is 0.278. The minimum Gasteiger partial charge on any atom is -0.293 e. The number of benzene rings is 2. The smallest absolute Gasteiger partial charge is 0.0688 e.